The third kappa shape index (κ3) is 2.79. The predicted octanol–water partition coefficient (Wildman–Crippen LogP) is 2.14. The molecule has 0 aliphatic heterocycles. The van der Waals surface area contributed by atoms with Gasteiger partial charge in [-0.3, -0.25) is 9.48 Å². The van der Waals surface area contributed by atoms with E-state index < -0.39 is 0 Å². The number of anilines is 2. The average molecular weight is 273 g/mol. The van der Waals surface area contributed by atoms with Crippen molar-refractivity contribution in [2.45, 2.75) is 33.7 Å². The summed E-state index contributed by atoms with van der Waals surface area (Å²) in [6.45, 7) is 6.64. The van der Waals surface area contributed by atoms with Crippen molar-refractivity contribution in [3.63, 3.8) is 0 Å². The lowest BCUT2D eigenvalue weighted by atomic mass is 10.2. The maximum absolute atomic E-state index is 12.3. The van der Waals surface area contributed by atoms with E-state index in [-0.39, 0.29) is 5.91 Å². The van der Waals surface area contributed by atoms with Crippen molar-refractivity contribution in [3.8, 4) is 0 Å². The number of hydrogen-bond acceptors (Lipinski definition) is 4. The molecule has 0 aromatic carbocycles. The van der Waals surface area contributed by atoms with Crippen LogP contribution in [0.25, 0.3) is 0 Å². The molecule has 6 nitrogen and oxygen atoms in total. The monoisotopic (exact) mass is 273 g/mol. The molecule has 0 saturated carbocycles. The predicted molar refractivity (Wildman–Crippen MR) is 78.6 cm³/mol. The number of nitrogens with one attached hydrogen (secondary N) is 1. The molecule has 0 spiro atoms. The van der Waals surface area contributed by atoms with Gasteiger partial charge in [0.15, 0.2) is 0 Å². The number of aryl methyl sites for hydroxylation is 2. The fourth-order valence-corrected chi connectivity index (χ4v) is 2.13. The molecule has 6 heteroatoms. The molecule has 1 amide bonds. The molecule has 2 aromatic heterocycles. The highest BCUT2D eigenvalue weighted by Crippen LogP contribution is 2.16. The number of pyridine rings is 1. The van der Waals surface area contributed by atoms with Crippen molar-refractivity contribution in [1.82, 2.24) is 14.8 Å². The number of carbonyl (C=O) groups is 1. The Balaban J connectivity index is 2.23. The second-order valence-electron chi connectivity index (χ2n) is 4.69. The van der Waals surface area contributed by atoms with Gasteiger partial charge in [-0.15, -0.1) is 0 Å². The van der Waals surface area contributed by atoms with E-state index in [4.69, 9.17) is 5.73 Å². The van der Waals surface area contributed by atoms with Crippen LogP contribution in [0.15, 0.2) is 18.3 Å². The Hall–Kier alpha value is -2.37. The number of nitrogens with two attached hydrogens (primary N) is 1. The first-order valence-corrected chi connectivity index (χ1v) is 6.59. The van der Waals surface area contributed by atoms with Crippen molar-refractivity contribution in [3.05, 3.63) is 35.3 Å². The molecular weight excluding hydrogens is 254 g/mol. The highest BCUT2D eigenvalue weighted by atomic mass is 16.1. The molecule has 0 saturated heterocycles. The van der Waals surface area contributed by atoms with Gasteiger partial charge in [0.05, 0.1) is 23.1 Å². The largest absolute Gasteiger partial charge is 0.384 e. The Kier molecular flexibility index (Phi) is 4.02. The number of rotatable bonds is 4. The van der Waals surface area contributed by atoms with Crippen LogP contribution in [-0.2, 0) is 6.54 Å². The Bertz CT molecular complexity index is 615. The van der Waals surface area contributed by atoms with E-state index >= 15 is 0 Å². The third-order valence-corrected chi connectivity index (χ3v) is 3.09. The minimum atomic E-state index is -0.172. The van der Waals surface area contributed by atoms with Crippen LogP contribution in [0.1, 0.15) is 35.1 Å². The zero-order chi connectivity index (χ0) is 14.7. The van der Waals surface area contributed by atoms with Gasteiger partial charge in [0.1, 0.15) is 5.82 Å². The Labute approximate surface area is 118 Å². The van der Waals surface area contributed by atoms with E-state index in [1.165, 1.54) is 6.20 Å². The summed E-state index contributed by atoms with van der Waals surface area (Å²) >= 11 is 0. The van der Waals surface area contributed by atoms with E-state index in [1.54, 1.807) is 12.1 Å². The summed E-state index contributed by atoms with van der Waals surface area (Å²) in [6.07, 6.45) is 2.51. The first-order valence-electron chi connectivity index (χ1n) is 6.59. The lowest BCUT2D eigenvalue weighted by molar-refractivity contribution is 0.102. The summed E-state index contributed by atoms with van der Waals surface area (Å²) < 4.78 is 1.87. The number of carbonyl (C=O) groups excluding carboxylic acids is 1. The van der Waals surface area contributed by atoms with Crippen molar-refractivity contribution in [2.24, 2.45) is 0 Å². The minimum absolute atomic E-state index is 0.172. The van der Waals surface area contributed by atoms with Crippen LogP contribution in [-0.4, -0.2) is 20.7 Å². The van der Waals surface area contributed by atoms with Crippen molar-refractivity contribution < 1.29 is 4.79 Å². The molecule has 2 aromatic rings. The fraction of sp³-hybridized carbons (Fsp3) is 0.357. The van der Waals surface area contributed by atoms with Crippen LogP contribution < -0.4 is 11.1 Å². The summed E-state index contributed by atoms with van der Waals surface area (Å²) in [5.74, 6) is 0.250. The van der Waals surface area contributed by atoms with Crippen molar-refractivity contribution in [2.75, 3.05) is 11.1 Å². The molecule has 20 heavy (non-hydrogen) atoms. The number of aromatic nitrogens is 3. The van der Waals surface area contributed by atoms with Gasteiger partial charge in [-0.2, -0.15) is 5.10 Å². The molecule has 3 N–H and O–H groups in total. The minimum Gasteiger partial charge on any atom is -0.384 e. The standard InChI is InChI=1S/C14H19N5O/c1-4-7-19-10(3)13(9(2)18-19)14(20)17-11-5-6-12(15)16-8-11/h5-6,8H,4,7H2,1-3H3,(H2,15,16)(H,17,20). The topological polar surface area (TPSA) is 85.8 Å². The van der Waals surface area contributed by atoms with Crippen LogP contribution >= 0.6 is 0 Å². The van der Waals surface area contributed by atoms with E-state index in [2.05, 4.69) is 22.3 Å². The summed E-state index contributed by atoms with van der Waals surface area (Å²) in [6, 6.07) is 3.37. The normalized spacial score (nSPS) is 10.6. The summed E-state index contributed by atoms with van der Waals surface area (Å²) in [7, 11) is 0. The zero-order valence-electron chi connectivity index (χ0n) is 12.0. The fourth-order valence-electron chi connectivity index (χ4n) is 2.13. The van der Waals surface area contributed by atoms with Crippen LogP contribution in [0.4, 0.5) is 11.5 Å². The van der Waals surface area contributed by atoms with Gasteiger partial charge in [0.25, 0.3) is 5.91 Å². The zero-order valence-corrected chi connectivity index (χ0v) is 12.0. The molecule has 0 aliphatic carbocycles. The van der Waals surface area contributed by atoms with Crippen LogP contribution in [0.2, 0.25) is 0 Å². The number of nitrogen functional groups attached to an aromatic ring is 1. The summed E-state index contributed by atoms with van der Waals surface area (Å²) in [5, 5.41) is 7.21. The van der Waals surface area contributed by atoms with Crippen LogP contribution in [0.3, 0.4) is 0 Å². The summed E-state index contributed by atoms with van der Waals surface area (Å²) in [5.41, 5.74) is 8.37. The number of amides is 1. The highest BCUT2D eigenvalue weighted by molar-refractivity contribution is 6.05. The molecule has 0 radical (unpaired) electrons. The Morgan fingerprint density at radius 3 is 2.75 bits per heavy atom. The maximum Gasteiger partial charge on any atom is 0.259 e. The molecule has 0 fully saturated rings. The Morgan fingerprint density at radius 2 is 2.15 bits per heavy atom. The van der Waals surface area contributed by atoms with Crippen LogP contribution in [0.5, 0.6) is 0 Å². The van der Waals surface area contributed by atoms with Crippen molar-refractivity contribution >= 4 is 17.4 Å². The third-order valence-electron chi connectivity index (χ3n) is 3.09. The highest BCUT2D eigenvalue weighted by Gasteiger charge is 2.18. The second-order valence-corrected chi connectivity index (χ2v) is 4.69. The average Bonchev–Trinajstić information content (AvgIpc) is 2.68. The van der Waals surface area contributed by atoms with Crippen molar-refractivity contribution in [1.29, 1.82) is 0 Å². The molecule has 2 heterocycles. The first kappa shape index (κ1) is 14.0. The lowest BCUT2D eigenvalue weighted by Gasteiger charge is -2.06. The molecule has 0 atom stereocenters. The second kappa shape index (κ2) is 5.73. The number of nitrogens with zero attached hydrogens (tertiary/aromatic N) is 3. The van der Waals surface area contributed by atoms with Gasteiger partial charge in [-0.1, -0.05) is 6.92 Å². The van der Waals surface area contributed by atoms with Gasteiger partial charge in [0.2, 0.25) is 0 Å². The summed E-state index contributed by atoms with van der Waals surface area (Å²) in [4.78, 5) is 16.3. The van der Waals surface area contributed by atoms with E-state index in [0.717, 1.165) is 24.4 Å². The molecule has 0 unspecified atom stereocenters. The quantitative estimate of drug-likeness (QED) is 0.893. The van der Waals surface area contributed by atoms with Gasteiger partial charge >= 0.3 is 0 Å². The van der Waals surface area contributed by atoms with Gasteiger partial charge in [-0.05, 0) is 32.4 Å². The van der Waals surface area contributed by atoms with E-state index in [0.29, 0.717) is 17.1 Å². The van der Waals surface area contributed by atoms with Gasteiger partial charge < -0.3 is 11.1 Å². The van der Waals surface area contributed by atoms with Gasteiger partial charge in [-0.25, -0.2) is 4.98 Å². The van der Waals surface area contributed by atoms with Gasteiger partial charge in [0, 0.05) is 12.2 Å². The molecule has 0 bridgehead atoms. The Morgan fingerprint density at radius 1 is 1.40 bits per heavy atom. The molecular formula is C14H19N5O. The molecule has 0 aliphatic rings. The van der Waals surface area contributed by atoms with E-state index in [9.17, 15) is 4.79 Å². The number of hydrogen-bond donors (Lipinski definition) is 2. The molecule has 2 rings (SSSR count). The van der Waals surface area contributed by atoms with E-state index in [1.807, 2.05) is 18.5 Å². The molecule has 106 valence electrons. The maximum atomic E-state index is 12.3. The first-order chi connectivity index (χ1) is 9.52. The van der Waals surface area contributed by atoms with Crippen LogP contribution in [0, 0.1) is 13.8 Å². The smallest absolute Gasteiger partial charge is 0.259 e. The SMILES string of the molecule is CCCn1nc(C)c(C(=O)Nc2ccc(N)nc2)c1C. The lowest BCUT2D eigenvalue weighted by Crippen LogP contribution is -2.14.